The number of aromatic nitrogens is 2. The maximum absolute atomic E-state index is 13.2. The third kappa shape index (κ3) is 2.28. The molecule has 2 bridgehead atoms. The first-order valence-electron chi connectivity index (χ1n) is 7.42. The van der Waals surface area contributed by atoms with Crippen molar-refractivity contribution in [2.75, 3.05) is 0 Å². The number of hydrogen-bond donors (Lipinski definition) is 1. The quantitative estimate of drug-likeness (QED) is 0.930. The lowest BCUT2D eigenvalue weighted by Crippen LogP contribution is -2.54. The van der Waals surface area contributed by atoms with E-state index in [0.29, 0.717) is 5.82 Å². The SMILES string of the molecule is CC(NC(=O)C12CCC(C(F)(F)F)(CC1)CC2)c1ncon1. The first kappa shape index (κ1) is 15.3. The van der Waals surface area contributed by atoms with E-state index in [1.54, 1.807) is 6.92 Å². The number of fused-ring (bicyclic) bond motifs is 3. The molecule has 1 atom stereocenters. The van der Waals surface area contributed by atoms with Crippen molar-refractivity contribution in [3.05, 3.63) is 12.2 Å². The van der Waals surface area contributed by atoms with E-state index in [-0.39, 0.29) is 44.4 Å². The Kier molecular flexibility index (Phi) is 3.45. The van der Waals surface area contributed by atoms with Gasteiger partial charge in [0.1, 0.15) is 0 Å². The van der Waals surface area contributed by atoms with Gasteiger partial charge in [0.2, 0.25) is 12.3 Å². The van der Waals surface area contributed by atoms with Crippen LogP contribution in [-0.4, -0.2) is 22.2 Å². The maximum atomic E-state index is 13.2. The van der Waals surface area contributed by atoms with Crippen LogP contribution in [0.15, 0.2) is 10.9 Å². The lowest BCUT2D eigenvalue weighted by Gasteiger charge is -2.52. The van der Waals surface area contributed by atoms with Crippen LogP contribution in [-0.2, 0) is 4.79 Å². The smallest absolute Gasteiger partial charge is 0.346 e. The topological polar surface area (TPSA) is 68.0 Å². The highest BCUT2D eigenvalue weighted by atomic mass is 19.4. The van der Waals surface area contributed by atoms with Crippen molar-refractivity contribution in [1.29, 1.82) is 0 Å². The Morgan fingerprint density at radius 3 is 2.32 bits per heavy atom. The number of alkyl halides is 3. The predicted molar refractivity (Wildman–Crippen MR) is 69.5 cm³/mol. The van der Waals surface area contributed by atoms with Crippen molar-refractivity contribution in [3.8, 4) is 0 Å². The second-order valence-electron chi connectivity index (χ2n) is 6.54. The van der Waals surface area contributed by atoms with Crippen LogP contribution in [0.1, 0.15) is 57.3 Å². The lowest BCUT2D eigenvalue weighted by molar-refractivity contribution is -0.258. The van der Waals surface area contributed by atoms with Gasteiger partial charge in [-0.3, -0.25) is 4.79 Å². The van der Waals surface area contributed by atoms with Crippen molar-refractivity contribution in [2.24, 2.45) is 10.8 Å². The minimum atomic E-state index is -4.17. The number of nitrogens with one attached hydrogen (secondary N) is 1. The number of carbonyl (C=O) groups is 1. The fourth-order valence-corrected chi connectivity index (χ4v) is 3.74. The van der Waals surface area contributed by atoms with Crippen molar-refractivity contribution >= 4 is 5.91 Å². The van der Waals surface area contributed by atoms with E-state index in [9.17, 15) is 18.0 Å². The molecule has 0 aliphatic heterocycles. The second kappa shape index (κ2) is 4.96. The molecule has 1 aromatic heterocycles. The van der Waals surface area contributed by atoms with Crippen LogP contribution in [0.2, 0.25) is 0 Å². The summed E-state index contributed by atoms with van der Waals surface area (Å²) in [6.07, 6.45) is -2.00. The fourth-order valence-electron chi connectivity index (χ4n) is 3.74. The molecule has 3 aliphatic carbocycles. The van der Waals surface area contributed by atoms with Gasteiger partial charge in [-0.05, 0) is 45.4 Å². The van der Waals surface area contributed by atoms with E-state index in [2.05, 4.69) is 20.0 Å². The van der Waals surface area contributed by atoms with Crippen molar-refractivity contribution in [3.63, 3.8) is 0 Å². The van der Waals surface area contributed by atoms with E-state index >= 15 is 0 Å². The van der Waals surface area contributed by atoms with Crippen LogP contribution in [0, 0.1) is 10.8 Å². The summed E-state index contributed by atoms with van der Waals surface area (Å²) in [5.41, 5.74) is -2.25. The van der Waals surface area contributed by atoms with Gasteiger partial charge in [0.05, 0.1) is 11.5 Å². The van der Waals surface area contributed by atoms with Crippen molar-refractivity contribution in [1.82, 2.24) is 15.5 Å². The molecule has 4 rings (SSSR count). The zero-order valence-corrected chi connectivity index (χ0v) is 12.2. The molecule has 1 amide bonds. The number of halogens is 3. The first-order chi connectivity index (χ1) is 10.3. The normalized spacial score (nSPS) is 32.7. The van der Waals surface area contributed by atoms with E-state index in [0.717, 1.165) is 0 Å². The summed E-state index contributed by atoms with van der Waals surface area (Å²) in [4.78, 5) is 16.4. The molecule has 22 heavy (non-hydrogen) atoms. The van der Waals surface area contributed by atoms with Gasteiger partial charge < -0.3 is 9.84 Å². The molecule has 0 spiro atoms. The van der Waals surface area contributed by atoms with Gasteiger partial charge in [0, 0.05) is 5.41 Å². The minimum Gasteiger partial charge on any atom is -0.346 e. The Labute approximate surface area is 125 Å². The van der Waals surface area contributed by atoms with Gasteiger partial charge in [-0.25, -0.2) is 0 Å². The zero-order chi connectivity index (χ0) is 16.0. The molecule has 3 aliphatic rings. The van der Waals surface area contributed by atoms with Crippen LogP contribution in [0.4, 0.5) is 13.2 Å². The molecular formula is C14H18F3N3O2. The van der Waals surface area contributed by atoms with Gasteiger partial charge in [-0.1, -0.05) is 5.16 Å². The summed E-state index contributed by atoms with van der Waals surface area (Å²) in [5.74, 6) is 0.168. The van der Waals surface area contributed by atoms with E-state index in [4.69, 9.17) is 0 Å². The van der Waals surface area contributed by atoms with Crippen molar-refractivity contribution < 1.29 is 22.5 Å². The Balaban J connectivity index is 1.68. The predicted octanol–water partition coefficient (Wildman–Crippen LogP) is 3.15. The molecule has 1 N–H and O–H groups in total. The molecule has 5 nitrogen and oxygen atoms in total. The Morgan fingerprint density at radius 2 is 1.86 bits per heavy atom. The number of hydrogen-bond acceptors (Lipinski definition) is 4. The Bertz CT molecular complexity index is 532. The van der Waals surface area contributed by atoms with Gasteiger partial charge in [-0.2, -0.15) is 18.2 Å². The number of amides is 1. The number of carbonyl (C=O) groups excluding carboxylic acids is 1. The molecule has 3 fully saturated rings. The van der Waals surface area contributed by atoms with Gasteiger partial charge >= 0.3 is 6.18 Å². The monoisotopic (exact) mass is 317 g/mol. The number of nitrogens with zero attached hydrogens (tertiary/aromatic N) is 2. The van der Waals surface area contributed by atoms with E-state index in [1.165, 1.54) is 6.39 Å². The van der Waals surface area contributed by atoms with Crippen LogP contribution >= 0.6 is 0 Å². The Morgan fingerprint density at radius 1 is 1.27 bits per heavy atom. The fraction of sp³-hybridized carbons (Fsp3) is 0.786. The molecule has 1 heterocycles. The zero-order valence-electron chi connectivity index (χ0n) is 12.2. The third-order valence-electron chi connectivity index (χ3n) is 5.44. The van der Waals surface area contributed by atoms with Crippen LogP contribution in [0.5, 0.6) is 0 Å². The molecule has 0 aromatic carbocycles. The maximum Gasteiger partial charge on any atom is 0.394 e. The molecule has 0 saturated heterocycles. The van der Waals surface area contributed by atoms with Crippen molar-refractivity contribution in [2.45, 2.75) is 57.7 Å². The van der Waals surface area contributed by atoms with Gasteiger partial charge in [0.25, 0.3) is 0 Å². The molecule has 3 saturated carbocycles. The highest BCUT2D eigenvalue weighted by Crippen LogP contribution is 2.62. The summed E-state index contributed by atoms with van der Waals surface area (Å²) in [6, 6.07) is -0.420. The molecule has 8 heteroatoms. The number of rotatable bonds is 3. The molecule has 1 aromatic rings. The van der Waals surface area contributed by atoms with E-state index < -0.39 is 23.0 Å². The summed E-state index contributed by atoms with van der Waals surface area (Å²) < 4.78 is 44.3. The summed E-state index contributed by atoms with van der Waals surface area (Å²) in [7, 11) is 0. The Hall–Kier alpha value is -1.60. The summed E-state index contributed by atoms with van der Waals surface area (Å²) in [6.45, 7) is 1.73. The van der Waals surface area contributed by atoms with Crippen LogP contribution in [0.25, 0.3) is 0 Å². The van der Waals surface area contributed by atoms with Gasteiger partial charge in [0.15, 0.2) is 5.82 Å². The molecule has 122 valence electrons. The third-order valence-corrected chi connectivity index (χ3v) is 5.44. The van der Waals surface area contributed by atoms with Crippen LogP contribution in [0.3, 0.4) is 0 Å². The van der Waals surface area contributed by atoms with Crippen LogP contribution < -0.4 is 5.32 Å². The first-order valence-corrected chi connectivity index (χ1v) is 7.42. The largest absolute Gasteiger partial charge is 0.394 e. The van der Waals surface area contributed by atoms with E-state index in [1.807, 2.05) is 0 Å². The lowest BCUT2D eigenvalue weighted by atomic mass is 9.53. The highest BCUT2D eigenvalue weighted by molar-refractivity contribution is 5.83. The van der Waals surface area contributed by atoms with Gasteiger partial charge in [-0.15, -0.1) is 0 Å². The molecular weight excluding hydrogens is 299 g/mol. The molecule has 0 radical (unpaired) electrons. The standard InChI is InChI=1S/C14H18F3N3O2/c1-9(10-18-8-22-20-10)19-11(21)12-2-5-13(6-3-12,7-4-12)14(15,16)17/h8-9H,2-7H2,1H3,(H,19,21). The minimum absolute atomic E-state index is 0.0422. The summed E-state index contributed by atoms with van der Waals surface area (Å²) >= 11 is 0. The average Bonchev–Trinajstić information content (AvgIpc) is 3.02. The highest BCUT2D eigenvalue weighted by Gasteiger charge is 2.63. The summed E-state index contributed by atoms with van der Waals surface area (Å²) in [5, 5.41) is 6.48. The second-order valence-corrected chi connectivity index (χ2v) is 6.54. The average molecular weight is 317 g/mol. The molecule has 1 unspecified atom stereocenters.